The second-order valence-corrected chi connectivity index (χ2v) is 5.25. The molecule has 4 heteroatoms. The summed E-state index contributed by atoms with van der Waals surface area (Å²) in [5.41, 5.74) is 2.77. The van der Waals surface area contributed by atoms with Crippen LogP contribution in [0.5, 0.6) is 0 Å². The lowest BCUT2D eigenvalue weighted by atomic mass is 9.84. The molecule has 88 valence electrons. The monoisotopic (exact) mass is 303 g/mol. The Morgan fingerprint density at radius 2 is 2.00 bits per heavy atom. The Bertz CT molecular complexity index is 385. The molecule has 2 aliphatic rings. The number of rotatable bonds is 0. The summed E-state index contributed by atoms with van der Waals surface area (Å²) < 4.78 is 7.20. The molecule has 0 radical (unpaired) electrons. The lowest BCUT2D eigenvalue weighted by Gasteiger charge is -2.34. The van der Waals surface area contributed by atoms with Crippen LogP contribution >= 0.6 is 28.3 Å². The van der Waals surface area contributed by atoms with E-state index in [4.69, 9.17) is 4.74 Å². The quantitative estimate of drug-likeness (QED) is 0.795. The van der Waals surface area contributed by atoms with Crippen LogP contribution in [0.2, 0.25) is 0 Å². The number of piperidine rings is 1. The summed E-state index contributed by atoms with van der Waals surface area (Å²) in [5, 5.41) is 3.39. The lowest BCUT2D eigenvalue weighted by Crippen LogP contribution is -2.39. The van der Waals surface area contributed by atoms with Crippen molar-refractivity contribution >= 4 is 28.3 Å². The van der Waals surface area contributed by atoms with Crippen LogP contribution in [0, 0.1) is 0 Å². The van der Waals surface area contributed by atoms with Crippen molar-refractivity contribution in [3.8, 4) is 0 Å². The highest BCUT2D eigenvalue weighted by Gasteiger charge is 2.40. The molecule has 0 amide bonds. The fourth-order valence-electron chi connectivity index (χ4n) is 2.64. The van der Waals surface area contributed by atoms with E-state index in [2.05, 4.69) is 39.4 Å². The molecule has 0 atom stereocenters. The molecule has 0 bridgehead atoms. The van der Waals surface area contributed by atoms with Crippen LogP contribution in [-0.2, 0) is 16.9 Å². The first-order valence-corrected chi connectivity index (χ1v) is 6.23. The molecular weight excluding hydrogens is 289 g/mol. The highest BCUT2D eigenvalue weighted by atomic mass is 79.9. The molecule has 2 nitrogen and oxygen atoms in total. The average molecular weight is 305 g/mol. The van der Waals surface area contributed by atoms with Crippen molar-refractivity contribution in [1.82, 2.24) is 5.32 Å². The highest BCUT2D eigenvalue weighted by molar-refractivity contribution is 9.10. The molecule has 0 unspecified atom stereocenters. The van der Waals surface area contributed by atoms with Gasteiger partial charge in [0.15, 0.2) is 0 Å². The third-order valence-corrected chi connectivity index (χ3v) is 3.97. The Balaban J connectivity index is 0.000000963. The largest absolute Gasteiger partial charge is 0.365 e. The molecule has 0 aromatic heterocycles. The smallest absolute Gasteiger partial charge is 0.0963 e. The van der Waals surface area contributed by atoms with Gasteiger partial charge in [0.2, 0.25) is 0 Å². The SMILES string of the molecule is Brc1ccc2c(c1)C1(CCNCC1)OC2.Cl. The maximum absolute atomic E-state index is 6.05. The summed E-state index contributed by atoms with van der Waals surface area (Å²) >= 11 is 3.54. The highest BCUT2D eigenvalue weighted by Crippen LogP contribution is 2.43. The first kappa shape index (κ1) is 12.4. The molecule has 1 N–H and O–H groups in total. The van der Waals surface area contributed by atoms with Crippen LogP contribution in [-0.4, -0.2) is 13.1 Å². The third kappa shape index (κ3) is 1.90. The van der Waals surface area contributed by atoms with Gasteiger partial charge in [-0.15, -0.1) is 12.4 Å². The van der Waals surface area contributed by atoms with E-state index in [0.717, 1.165) is 37.0 Å². The summed E-state index contributed by atoms with van der Waals surface area (Å²) in [6.45, 7) is 2.90. The van der Waals surface area contributed by atoms with Crippen LogP contribution in [0.4, 0.5) is 0 Å². The molecule has 1 aromatic carbocycles. The van der Waals surface area contributed by atoms with Gasteiger partial charge >= 0.3 is 0 Å². The summed E-state index contributed by atoms with van der Waals surface area (Å²) in [6.07, 6.45) is 2.19. The van der Waals surface area contributed by atoms with Crippen LogP contribution in [0.25, 0.3) is 0 Å². The standard InChI is InChI=1S/C12H14BrNO.ClH/c13-10-2-1-9-8-15-12(11(9)7-10)3-5-14-6-4-12;/h1-2,7,14H,3-6,8H2;1H. The van der Waals surface area contributed by atoms with Gasteiger partial charge in [-0.05, 0) is 49.2 Å². The number of ether oxygens (including phenoxy) is 1. The first-order chi connectivity index (χ1) is 7.30. The minimum Gasteiger partial charge on any atom is -0.365 e. The molecule has 16 heavy (non-hydrogen) atoms. The molecule has 1 saturated heterocycles. The van der Waals surface area contributed by atoms with E-state index in [0.29, 0.717) is 0 Å². The Labute approximate surface area is 110 Å². The van der Waals surface area contributed by atoms with Gasteiger partial charge < -0.3 is 10.1 Å². The van der Waals surface area contributed by atoms with Gasteiger partial charge in [-0.1, -0.05) is 22.0 Å². The molecule has 1 fully saturated rings. The van der Waals surface area contributed by atoms with Gasteiger partial charge in [0.25, 0.3) is 0 Å². The van der Waals surface area contributed by atoms with E-state index in [1.165, 1.54) is 11.1 Å². The molecule has 1 aromatic rings. The lowest BCUT2D eigenvalue weighted by molar-refractivity contribution is -0.0590. The van der Waals surface area contributed by atoms with E-state index < -0.39 is 0 Å². The van der Waals surface area contributed by atoms with Crippen molar-refractivity contribution in [2.45, 2.75) is 25.0 Å². The van der Waals surface area contributed by atoms with Crippen molar-refractivity contribution < 1.29 is 4.74 Å². The van der Waals surface area contributed by atoms with Crippen LogP contribution in [0.3, 0.4) is 0 Å². The van der Waals surface area contributed by atoms with E-state index in [9.17, 15) is 0 Å². The number of fused-ring (bicyclic) bond motifs is 2. The van der Waals surface area contributed by atoms with E-state index in [1.54, 1.807) is 0 Å². The Morgan fingerprint density at radius 1 is 1.25 bits per heavy atom. The zero-order valence-electron chi connectivity index (χ0n) is 8.96. The number of nitrogens with one attached hydrogen (secondary N) is 1. The topological polar surface area (TPSA) is 21.3 Å². The van der Waals surface area contributed by atoms with Gasteiger partial charge in [-0.2, -0.15) is 0 Å². The van der Waals surface area contributed by atoms with Gasteiger partial charge in [0.05, 0.1) is 12.2 Å². The minimum absolute atomic E-state index is 0. The maximum Gasteiger partial charge on any atom is 0.0963 e. The number of benzene rings is 1. The van der Waals surface area contributed by atoms with Crippen LogP contribution < -0.4 is 5.32 Å². The van der Waals surface area contributed by atoms with Gasteiger partial charge in [0, 0.05) is 4.47 Å². The van der Waals surface area contributed by atoms with Crippen molar-refractivity contribution in [3.63, 3.8) is 0 Å². The molecule has 3 rings (SSSR count). The predicted molar refractivity (Wildman–Crippen MR) is 70.0 cm³/mol. The van der Waals surface area contributed by atoms with E-state index >= 15 is 0 Å². The van der Waals surface area contributed by atoms with Gasteiger partial charge in [0.1, 0.15) is 0 Å². The first-order valence-electron chi connectivity index (χ1n) is 5.44. The fraction of sp³-hybridized carbons (Fsp3) is 0.500. The Hall–Kier alpha value is -0.0900. The minimum atomic E-state index is 0. The van der Waals surface area contributed by atoms with E-state index in [1.807, 2.05) is 0 Å². The fourth-order valence-corrected chi connectivity index (χ4v) is 3.00. The average Bonchev–Trinajstić information content (AvgIpc) is 2.59. The normalized spacial score (nSPS) is 21.6. The van der Waals surface area contributed by atoms with Crippen molar-refractivity contribution in [3.05, 3.63) is 33.8 Å². The van der Waals surface area contributed by atoms with Gasteiger partial charge in [-0.3, -0.25) is 0 Å². The maximum atomic E-state index is 6.05. The van der Waals surface area contributed by atoms with Crippen molar-refractivity contribution in [2.75, 3.05) is 13.1 Å². The predicted octanol–water partition coefficient (Wildman–Crippen LogP) is 2.98. The molecular formula is C12H15BrClNO. The Morgan fingerprint density at radius 3 is 2.75 bits per heavy atom. The molecule has 2 heterocycles. The number of halogens is 2. The summed E-state index contributed by atoms with van der Waals surface area (Å²) in [6, 6.07) is 6.51. The second-order valence-electron chi connectivity index (χ2n) is 4.33. The van der Waals surface area contributed by atoms with Crippen LogP contribution in [0.1, 0.15) is 24.0 Å². The van der Waals surface area contributed by atoms with Gasteiger partial charge in [-0.25, -0.2) is 0 Å². The second kappa shape index (κ2) is 4.65. The van der Waals surface area contributed by atoms with Crippen molar-refractivity contribution in [2.24, 2.45) is 0 Å². The molecule has 1 spiro atoms. The zero-order chi connectivity index (χ0) is 10.3. The van der Waals surface area contributed by atoms with E-state index in [-0.39, 0.29) is 18.0 Å². The summed E-state index contributed by atoms with van der Waals surface area (Å²) in [5.74, 6) is 0. The Kier molecular flexibility index (Phi) is 3.59. The van der Waals surface area contributed by atoms with Crippen molar-refractivity contribution in [1.29, 1.82) is 0 Å². The number of hydrogen-bond acceptors (Lipinski definition) is 2. The number of hydrogen-bond donors (Lipinski definition) is 1. The molecule has 2 aliphatic heterocycles. The molecule has 0 saturated carbocycles. The summed E-state index contributed by atoms with van der Waals surface area (Å²) in [7, 11) is 0. The van der Waals surface area contributed by atoms with Crippen LogP contribution in [0.15, 0.2) is 22.7 Å². The molecule has 0 aliphatic carbocycles. The zero-order valence-corrected chi connectivity index (χ0v) is 11.4. The third-order valence-electron chi connectivity index (χ3n) is 3.48. The summed E-state index contributed by atoms with van der Waals surface area (Å²) in [4.78, 5) is 0.